The molecule has 2 aromatic carbocycles. The van der Waals surface area contributed by atoms with Crippen LogP contribution in [0.25, 0.3) is 22.6 Å². The zero-order chi connectivity index (χ0) is 25.4. The SMILES string of the molecule is Cc1cc(-c2ccc(C(N)=NCCC(C)C)cc2)nc(-c2ccc(C(N)=NCCC(C)C)cc2)n1.Cl.Cl.O. The van der Waals surface area contributed by atoms with E-state index in [0.29, 0.717) is 29.3 Å². The van der Waals surface area contributed by atoms with Gasteiger partial charge in [-0.1, -0.05) is 76.2 Å². The van der Waals surface area contributed by atoms with Gasteiger partial charge >= 0.3 is 0 Å². The molecule has 0 aliphatic rings. The van der Waals surface area contributed by atoms with Crippen LogP contribution in [-0.2, 0) is 0 Å². The molecule has 0 fully saturated rings. The third-order valence-corrected chi connectivity index (χ3v) is 5.75. The molecule has 0 bridgehead atoms. The molecule has 0 spiro atoms. The molecule has 7 nitrogen and oxygen atoms in total. The molecule has 1 aromatic heterocycles. The Bertz CT molecular complexity index is 1090. The summed E-state index contributed by atoms with van der Waals surface area (Å²) in [6, 6.07) is 18.0. The Kier molecular flexibility index (Phi) is 15.4. The lowest BCUT2D eigenvalue weighted by Gasteiger charge is -2.09. The predicted molar refractivity (Wildman–Crippen MR) is 166 cm³/mol. The lowest BCUT2D eigenvalue weighted by atomic mass is 10.1. The van der Waals surface area contributed by atoms with Crippen LogP contribution in [-0.4, -0.2) is 40.2 Å². The van der Waals surface area contributed by atoms with Gasteiger partial charge in [-0.05, 0) is 37.7 Å². The van der Waals surface area contributed by atoms with Crippen LogP contribution in [0.1, 0.15) is 57.4 Å². The minimum Gasteiger partial charge on any atom is -0.412 e. The molecule has 38 heavy (non-hydrogen) atoms. The van der Waals surface area contributed by atoms with Crippen molar-refractivity contribution in [2.45, 2.75) is 47.5 Å². The maximum atomic E-state index is 6.17. The van der Waals surface area contributed by atoms with Gasteiger partial charge in [-0.2, -0.15) is 0 Å². The van der Waals surface area contributed by atoms with Crippen molar-refractivity contribution < 1.29 is 5.48 Å². The Hall–Kier alpha value is -3.00. The minimum absolute atomic E-state index is 0. The molecule has 3 aromatic rings. The maximum Gasteiger partial charge on any atom is 0.160 e. The van der Waals surface area contributed by atoms with E-state index >= 15 is 0 Å². The lowest BCUT2D eigenvalue weighted by Crippen LogP contribution is -2.14. The summed E-state index contributed by atoms with van der Waals surface area (Å²) in [5.41, 5.74) is 17.9. The molecular formula is C29H42Cl2N6O. The van der Waals surface area contributed by atoms with Crippen molar-refractivity contribution in [3.8, 4) is 22.6 Å². The van der Waals surface area contributed by atoms with E-state index in [-0.39, 0.29) is 30.3 Å². The smallest absolute Gasteiger partial charge is 0.160 e. The van der Waals surface area contributed by atoms with E-state index in [1.807, 2.05) is 61.5 Å². The summed E-state index contributed by atoms with van der Waals surface area (Å²) in [7, 11) is 0. The second-order valence-corrected chi connectivity index (χ2v) is 9.77. The second-order valence-electron chi connectivity index (χ2n) is 9.77. The first kappa shape index (κ1) is 35.0. The van der Waals surface area contributed by atoms with Gasteiger partial charge in [-0.3, -0.25) is 9.98 Å². The van der Waals surface area contributed by atoms with E-state index in [4.69, 9.17) is 16.5 Å². The Morgan fingerprint density at radius 1 is 0.711 bits per heavy atom. The summed E-state index contributed by atoms with van der Waals surface area (Å²) >= 11 is 0. The van der Waals surface area contributed by atoms with Crippen LogP contribution in [0.2, 0.25) is 0 Å². The summed E-state index contributed by atoms with van der Waals surface area (Å²) in [5, 5.41) is 0. The van der Waals surface area contributed by atoms with Crippen LogP contribution < -0.4 is 11.5 Å². The Morgan fingerprint density at radius 3 is 1.55 bits per heavy atom. The van der Waals surface area contributed by atoms with Gasteiger partial charge < -0.3 is 16.9 Å². The molecule has 0 aliphatic carbocycles. The fourth-order valence-corrected chi connectivity index (χ4v) is 3.52. The van der Waals surface area contributed by atoms with Gasteiger partial charge in [0.1, 0.15) is 11.7 Å². The number of halogens is 2. The topological polar surface area (TPSA) is 134 Å². The largest absolute Gasteiger partial charge is 0.412 e. The quantitative estimate of drug-likeness (QED) is 0.245. The number of benzene rings is 2. The average molecular weight is 562 g/mol. The number of nitrogens with two attached hydrogens (primary N) is 2. The van der Waals surface area contributed by atoms with Crippen molar-refractivity contribution in [3.05, 3.63) is 71.4 Å². The van der Waals surface area contributed by atoms with Crippen LogP contribution in [0.3, 0.4) is 0 Å². The summed E-state index contributed by atoms with van der Waals surface area (Å²) in [6.45, 7) is 12.2. The Morgan fingerprint density at radius 2 is 1.13 bits per heavy atom. The Balaban J connectivity index is 0.00000456. The number of nitrogens with zero attached hydrogens (tertiary/aromatic N) is 4. The molecule has 0 atom stereocenters. The molecule has 3 rings (SSSR count). The number of amidine groups is 2. The van der Waals surface area contributed by atoms with Gasteiger partial charge in [0.2, 0.25) is 0 Å². The van der Waals surface area contributed by atoms with Crippen molar-refractivity contribution in [1.29, 1.82) is 0 Å². The van der Waals surface area contributed by atoms with Crippen LogP contribution in [0, 0.1) is 18.8 Å². The third-order valence-electron chi connectivity index (χ3n) is 5.75. The monoisotopic (exact) mass is 560 g/mol. The van der Waals surface area contributed by atoms with Crippen LogP contribution in [0.15, 0.2) is 64.6 Å². The predicted octanol–water partition coefficient (Wildman–Crippen LogP) is 5.64. The standard InChI is InChI=1S/C29H38N6.2ClH.H2O/c1-19(2)14-16-32-27(30)23-8-6-22(7-9-23)26-18-21(5)34-29(35-26)25-12-10-24(11-13-25)28(31)33-17-15-20(3)4;;;/h6-13,18-20H,14-17H2,1-5H3,(H2,30,32)(H2,31,33);2*1H;1H2. The highest BCUT2D eigenvalue weighted by atomic mass is 35.5. The number of aromatic nitrogens is 2. The molecule has 208 valence electrons. The number of aryl methyl sites for hydroxylation is 1. The molecular weight excluding hydrogens is 519 g/mol. The molecule has 0 unspecified atom stereocenters. The second kappa shape index (κ2) is 16.8. The minimum atomic E-state index is 0. The first-order valence-electron chi connectivity index (χ1n) is 12.4. The third kappa shape index (κ3) is 10.4. The number of hydrogen-bond donors (Lipinski definition) is 2. The van der Waals surface area contributed by atoms with Crippen LogP contribution in [0.5, 0.6) is 0 Å². The first-order chi connectivity index (χ1) is 16.7. The Labute approximate surface area is 239 Å². The van der Waals surface area contributed by atoms with E-state index in [1.165, 1.54) is 0 Å². The maximum absolute atomic E-state index is 6.17. The highest BCUT2D eigenvalue weighted by molar-refractivity contribution is 5.98. The molecule has 0 saturated heterocycles. The summed E-state index contributed by atoms with van der Waals surface area (Å²) in [4.78, 5) is 18.5. The summed E-state index contributed by atoms with van der Waals surface area (Å²) < 4.78 is 0. The van der Waals surface area contributed by atoms with E-state index in [9.17, 15) is 0 Å². The van der Waals surface area contributed by atoms with Gasteiger partial charge in [-0.25, -0.2) is 9.97 Å². The molecule has 0 radical (unpaired) electrons. The van der Waals surface area contributed by atoms with E-state index < -0.39 is 0 Å². The van der Waals surface area contributed by atoms with Crippen LogP contribution >= 0.6 is 24.8 Å². The van der Waals surface area contributed by atoms with Gasteiger partial charge in [0.05, 0.1) is 5.69 Å². The lowest BCUT2D eigenvalue weighted by molar-refractivity contribution is 0.597. The normalized spacial score (nSPS) is 11.6. The van der Waals surface area contributed by atoms with Gasteiger partial charge in [-0.15, -0.1) is 24.8 Å². The highest BCUT2D eigenvalue weighted by Crippen LogP contribution is 2.23. The summed E-state index contributed by atoms with van der Waals surface area (Å²) in [6.07, 6.45) is 2.05. The molecule has 0 amide bonds. The van der Waals surface area contributed by atoms with E-state index in [2.05, 4.69) is 42.7 Å². The number of hydrogen-bond acceptors (Lipinski definition) is 4. The van der Waals surface area contributed by atoms with Crippen molar-refractivity contribution in [3.63, 3.8) is 0 Å². The van der Waals surface area contributed by atoms with Crippen LogP contribution in [0.4, 0.5) is 0 Å². The molecule has 1 heterocycles. The summed E-state index contributed by atoms with van der Waals surface area (Å²) in [5.74, 6) is 3.04. The van der Waals surface area contributed by atoms with Crippen molar-refractivity contribution in [2.24, 2.45) is 33.3 Å². The number of aliphatic imine (C=N–C) groups is 2. The molecule has 6 N–H and O–H groups in total. The zero-order valence-corrected chi connectivity index (χ0v) is 24.6. The molecule has 0 saturated carbocycles. The number of rotatable bonds is 10. The average Bonchev–Trinajstić information content (AvgIpc) is 2.83. The first-order valence-corrected chi connectivity index (χ1v) is 12.4. The van der Waals surface area contributed by atoms with Crippen molar-refractivity contribution in [2.75, 3.05) is 13.1 Å². The molecule has 0 aliphatic heterocycles. The van der Waals surface area contributed by atoms with Crippen molar-refractivity contribution >= 4 is 36.5 Å². The van der Waals surface area contributed by atoms with Gasteiger partial charge in [0, 0.05) is 41.0 Å². The highest BCUT2D eigenvalue weighted by Gasteiger charge is 2.09. The fraction of sp³-hybridized carbons (Fsp3) is 0.379. The van der Waals surface area contributed by atoms with E-state index in [0.717, 1.165) is 59.6 Å². The van der Waals surface area contributed by atoms with E-state index in [1.54, 1.807) is 0 Å². The molecule has 9 heteroatoms. The van der Waals surface area contributed by atoms with Gasteiger partial charge in [0.15, 0.2) is 5.82 Å². The van der Waals surface area contributed by atoms with Crippen molar-refractivity contribution in [1.82, 2.24) is 9.97 Å². The fourth-order valence-electron chi connectivity index (χ4n) is 3.52. The van der Waals surface area contributed by atoms with Gasteiger partial charge in [0.25, 0.3) is 0 Å². The zero-order valence-electron chi connectivity index (χ0n) is 22.9.